The standard InChI is InChI=1S/C13H14BrN3O2S/c14-12-4-9(8-20-12)13(18)16-10-5-15-17(6-10)7-11-2-1-3-19-11/h4-6,8,11H,1-3,7H2,(H,16,18). The fourth-order valence-corrected chi connectivity index (χ4v) is 3.29. The second-order valence-electron chi connectivity index (χ2n) is 4.68. The third-order valence-electron chi connectivity index (χ3n) is 3.14. The highest BCUT2D eigenvalue weighted by Gasteiger charge is 2.16. The van der Waals surface area contributed by atoms with E-state index in [1.165, 1.54) is 11.3 Å². The van der Waals surface area contributed by atoms with Crippen molar-refractivity contribution in [1.82, 2.24) is 9.78 Å². The maximum atomic E-state index is 12.0. The maximum Gasteiger partial charge on any atom is 0.256 e. The van der Waals surface area contributed by atoms with Gasteiger partial charge in [-0.25, -0.2) is 0 Å². The molecular formula is C13H14BrN3O2S. The predicted octanol–water partition coefficient (Wildman–Crippen LogP) is 3.14. The van der Waals surface area contributed by atoms with Gasteiger partial charge in [-0.1, -0.05) is 0 Å². The van der Waals surface area contributed by atoms with E-state index < -0.39 is 0 Å². The third kappa shape index (κ3) is 3.28. The summed E-state index contributed by atoms with van der Waals surface area (Å²) >= 11 is 4.84. The topological polar surface area (TPSA) is 56.2 Å². The van der Waals surface area contributed by atoms with Gasteiger partial charge in [-0.3, -0.25) is 9.48 Å². The van der Waals surface area contributed by atoms with E-state index in [1.807, 2.05) is 16.3 Å². The van der Waals surface area contributed by atoms with Gasteiger partial charge in [-0.05, 0) is 34.8 Å². The second kappa shape index (κ2) is 6.07. The molecule has 0 bridgehead atoms. The van der Waals surface area contributed by atoms with Crippen LogP contribution in [-0.4, -0.2) is 28.4 Å². The van der Waals surface area contributed by atoms with Crippen molar-refractivity contribution in [2.24, 2.45) is 0 Å². The Hall–Kier alpha value is -1.18. The van der Waals surface area contributed by atoms with Crippen LogP contribution in [-0.2, 0) is 11.3 Å². The lowest BCUT2D eigenvalue weighted by molar-refractivity contribution is 0.0940. The first kappa shape index (κ1) is 13.8. The van der Waals surface area contributed by atoms with Crippen LogP contribution in [0.3, 0.4) is 0 Å². The maximum absolute atomic E-state index is 12.0. The molecule has 2 aromatic heterocycles. The van der Waals surface area contributed by atoms with Gasteiger partial charge in [0.2, 0.25) is 0 Å². The van der Waals surface area contributed by atoms with E-state index in [9.17, 15) is 4.79 Å². The van der Waals surface area contributed by atoms with Gasteiger partial charge in [0.15, 0.2) is 0 Å². The minimum Gasteiger partial charge on any atom is -0.376 e. The highest BCUT2D eigenvalue weighted by atomic mass is 79.9. The monoisotopic (exact) mass is 355 g/mol. The largest absolute Gasteiger partial charge is 0.376 e. The van der Waals surface area contributed by atoms with Crippen LogP contribution in [0.5, 0.6) is 0 Å². The summed E-state index contributed by atoms with van der Waals surface area (Å²) in [5, 5.41) is 8.90. The van der Waals surface area contributed by atoms with E-state index in [1.54, 1.807) is 12.3 Å². The minimum absolute atomic E-state index is 0.122. The van der Waals surface area contributed by atoms with Gasteiger partial charge in [0, 0.05) is 18.2 Å². The van der Waals surface area contributed by atoms with Crippen molar-refractivity contribution in [2.75, 3.05) is 11.9 Å². The third-order valence-corrected chi connectivity index (χ3v) is 4.64. The average Bonchev–Trinajstić information content (AvgIpc) is 3.13. The molecule has 20 heavy (non-hydrogen) atoms. The molecule has 0 spiro atoms. The van der Waals surface area contributed by atoms with Gasteiger partial charge in [0.05, 0.1) is 33.9 Å². The molecule has 1 amide bonds. The SMILES string of the molecule is O=C(Nc1cnn(CC2CCCO2)c1)c1csc(Br)c1. The molecule has 1 aliphatic heterocycles. The minimum atomic E-state index is -0.122. The van der Waals surface area contributed by atoms with Crippen molar-refractivity contribution in [1.29, 1.82) is 0 Å². The van der Waals surface area contributed by atoms with Gasteiger partial charge in [-0.2, -0.15) is 5.10 Å². The number of carbonyl (C=O) groups is 1. The van der Waals surface area contributed by atoms with Crippen molar-refractivity contribution in [3.05, 3.63) is 33.2 Å². The first-order valence-electron chi connectivity index (χ1n) is 6.40. The molecule has 3 rings (SSSR count). The number of nitrogens with zero attached hydrogens (tertiary/aromatic N) is 2. The molecule has 2 aromatic rings. The lowest BCUT2D eigenvalue weighted by Crippen LogP contribution is -2.15. The van der Waals surface area contributed by atoms with Crippen LogP contribution in [0.2, 0.25) is 0 Å². The molecule has 0 saturated carbocycles. The van der Waals surface area contributed by atoms with Crippen LogP contribution in [0.15, 0.2) is 27.6 Å². The lowest BCUT2D eigenvalue weighted by atomic mass is 10.2. The van der Waals surface area contributed by atoms with Crippen molar-refractivity contribution >= 4 is 38.9 Å². The molecule has 1 fully saturated rings. The summed E-state index contributed by atoms with van der Waals surface area (Å²) in [6.45, 7) is 1.57. The van der Waals surface area contributed by atoms with Crippen LogP contribution in [0.4, 0.5) is 5.69 Å². The lowest BCUT2D eigenvalue weighted by Gasteiger charge is -2.08. The van der Waals surface area contributed by atoms with E-state index in [4.69, 9.17) is 4.74 Å². The molecule has 1 N–H and O–H groups in total. The number of carbonyl (C=O) groups excluding carboxylic acids is 1. The summed E-state index contributed by atoms with van der Waals surface area (Å²) in [5.41, 5.74) is 1.35. The summed E-state index contributed by atoms with van der Waals surface area (Å²) in [6.07, 6.45) is 5.92. The predicted molar refractivity (Wildman–Crippen MR) is 81.2 cm³/mol. The van der Waals surface area contributed by atoms with E-state index in [2.05, 4.69) is 26.3 Å². The Morgan fingerprint density at radius 2 is 2.55 bits per heavy atom. The number of thiophene rings is 1. The van der Waals surface area contributed by atoms with Gasteiger partial charge >= 0.3 is 0 Å². The van der Waals surface area contributed by atoms with Gasteiger partial charge in [0.1, 0.15) is 0 Å². The molecule has 3 heterocycles. The normalized spacial score (nSPS) is 18.4. The summed E-state index contributed by atoms with van der Waals surface area (Å²) in [5.74, 6) is -0.122. The molecule has 0 aliphatic carbocycles. The number of ether oxygens (including phenoxy) is 1. The zero-order chi connectivity index (χ0) is 13.9. The van der Waals surface area contributed by atoms with Gasteiger partial charge < -0.3 is 10.1 Å². The number of nitrogens with one attached hydrogen (secondary N) is 1. The van der Waals surface area contributed by atoms with Gasteiger partial charge in [0.25, 0.3) is 5.91 Å². The number of halogens is 1. The van der Waals surface area contributed by atoms with Crippen LogP contribution >= 0.6 is 27.3 Å². The van der Waals surface area contributed by atoms with E-state index in [-0.39, 0.29) is 12.0 Å². The second-order valence-corrected chi connectivity index (χ2v) is 6.97. The number of rotatable bonds is 4. The number of hydrogen-bond donors (Lipinski definition) is 1. The first-order chi connectivity index (χ1) is 9.70. The van der Waals surface area contributed by atoms with Crippen molar-refractivity contribution < 1.29 is 9.53 Å². The van der Waals surface area contributed by atoms with Crippen LogP contribution in [0.25, 0.3) is 0 Å². The fourth-order valence-electron chi connectivity index (χ4n) is 2.16. The average molecular weight is 356 g/mol. The number of aromatic nitrogens is 2. The molecule has 1 atom stereocenters. The first-order valence-corrected chi connectivity index (χ1v) is 8.07. The number of hydrogen-bond acceptors (Lipinski definition) is 4. The zero-order valence-corrected chi connectivity index (χ0v) is 13.1. The van der Waals surface area contributed by atoms with E-state index >= 15 is 0 Å². The highest BCUT2D eigenvalue weighted by Crippen LogP contribution is 2.21. The number of anilines is 1. The Balaban J connectivity index is 1.60. The Morgan fingerprint density at radius 1 is 1.65 bits per heavy atom. The Bertz CT molecular complexity index is 604. The Labute approximate surface area is 129 Å². The molecule has 1 saturated heterocycles. The van der Waals surface area contributed by atoms with E-state index in [0.717, 1.165) is 29.8 Å². The van der Waals surface area contributed by atoms with E-state index in [0.29, 0.717) is 11.3 Å². The van der Waals surface area contributed by atoms with Crippen LogP contribution in [0, 0.1) is 0 Å². The molecule has 0 radical (unpaired) electrons. The molecule has 106 valence electrons. The molecular weight excluding hydrogens is 342 g/mol. The van der Waals surface area contributed by atoms with Crippen LogP contribution in [0.1, 0.15) is 23.2 Å². The molecule has 1 unspecified atom stereocenters. The van der Waals surface area contributed by atoms with Crippen molar-refractivity contribution in [3.8, 4) is 0 Å². The molecule has 7 heteroatoms. The summed E-state index contributed by atoms with van der Waals surface area (Å²) < 4.78 is 8.32. The summed E-state index contributed by atoms with van der Waals surface area (Å²) in [4.78, 5) is 12.0. The number of amides is 1. The summed E-state index contributed by atoms with van der Waals surface area (Å²) in [7, 11) is 0. The fraction of sp³-hybridized carbons (Fsp3) is 0.385. The zero-order valence-electron chi connectivity index (χ0n) is 10.7. The highest BCUT2D eigenvalue weighted by molar-refractivity contribution is 9.11. The molecule has 0 aromatic carbocycles. The smallest absolute Gasteiger partial charge is 0.256 e. The Kier molecular flexibility index (Phi) is 4.18. The molecule has 1 aliphatic rings. The Morgan fingerprint density at radius 3 is 3.25 bits per heavy atom. The van der Waals surface area contributed by atoms with Gasteiger partial charge in [-0.15, -0.1) is 11.3 Å². The summed E-state index contributed by atoms with van der Waals surface area (Å²) in [6, 6.07) is 1.80. The van der Waals surface area contributed by atoms with Crippen molar-refractivity contribution in [3.63, 3.8) is 0 Å². The van der Waals surface area contributed by atoms with Crippen molar-refractivity contribution in [2.45, 2.75) is 25.5 Å². The molecule has 5 nitrogen and oxygen atoms in total. The quantitative estimate of drug-likeness (QED) is 0.916. The van der Waals surface area contributed by atoms with Crippen LogP contribution < -0.4 is 5.32 Å².